The molecule has 0 radical (unpaired) electrons. The van der Waals surface area contributed by atoms with E-state index >= 15 is 0 Å². The Morgan fingerprint density at radius 3 is 2.73 bits per heavy atom. The minimum atomic E-state index is 0.792. The Morgan fingerprint density at radius 2 is 2.07 bits per heavy atom. The predicted octanol–water partition coefficient (Wildman–Crippen LogP) is 3.36. The highest BCUT2D eigenvalue weighted by Gasteiger charge is 1.91. The third-order valence-corrected chi connectivity index (χ3v) is 2.41. The summed E-state index contributed by atoms with van der Waals surface area (Å²) in [4.78, 5) is 0. The van der Waals surface area contributed by atoms with Crippen molar-refractivity contribution in [1.82, 2.24) is 9.78 Å². The van der Waals surface area contributed by atoms with E-state index in [1.807, 2.05) is 29.1 Å². The smallest absolute Gasteiger partial charge is 0.0632 e. The van der Waals surface area contributed by atoms with Gasteiger partial charge in [0.1, 0.15) is 0 Å². The van der Waals surface area contributed by atoms with Crippen LogP contribution in [0.5, 0.6) is 0 Å². The average molecular weight is 263 g/mol. The SMILES string of the molecule is Brc1cnn(C/C=C/c2ccccc2)c1. The molecule has 2 nitrogen and oxygen atoms in total. The summed E-state index contributed by atoms with van der Waals surface area (Å²) in [6.07, 6.45) is 7.93. The molecule has 0 amide bonds. The zero-order chi connectivity index (χ0) is 10.5. The van der Waals surface area contributed by atoms with E-state index in [1.165, 1.54) is 5.56 Å². The molecule has 0 fully saturated rings. The van der Waals surface area contributed by atoms with Crippen molar-refractivity contribution >= 4 is 22.0 Å². The highest BCUT2D eigenvalue weighted by molar-refractivity contribution is 9.10. The fraction of sp³-hybridized carbons (Fsp3) is 0.0833. The van der Waals surface area contributed by atoms with E-state index in [4.69, 9.17) is 0 Å². The van der Waals surface area contributed by atoms with Gasteiger partial charge < -0.3 is 0 Å². The van der Waals surface area contributed by atoms with Crippen LogP contribution in [0.2, 0.25) is 0 Å². The van der Waals surface area contributed by atoms with Crippen LogP contribution in [0.4, 0.5) is 0 Å². The fourth-order valence-corrected chi connectivity index (χ4v) is 1.63. The maximum Gasteiger partial charge on any atom is 0.0632 e. The van der Waals surface area contributed by atoms with Crippen LogP contribution in [0.1, 0.15) is 5.56 Å². The van der Waals surface area contributed by atoms with Gasteiger partial charge in [-0.25, -0.2) is 0 Å². The Bertz CT molecular complexity index is 446. The van der Waals surface area contributed by atoms with E-state index in [0.717, 1.165) is 11.0 Å². The summed E-state index contributed by atoms with van der Waals surface area (Å²) in [6, 6.07) is 10.2. The first-order valence-corrected chi connectivity index (χ1v) is 5.53. The van der Waals surface area contributed by atoms with Gasteiger partial charge in [0.15, 0.2) is 0 Å². The molecular formula is C12H11BrN2. The van der Waals surface area contributed by atoms with Crippen LogP contribution < -0.4 is 0 Å². The van der Waals surface area contributed by atoms with Crippen molar-refractivity contribution in [3.63, 3.8) is 0 Å². The van der Waals surface area contributed by atoms with Gasteiger partial charge in [-0.05, 0) is 21.5 Å². The van der Waals surface area contributed by atoms with Crippen LogP contribution in [0.25, 0.3) is 6.08 Å². The number of allylic oxidation sites excluding steroid dienone is 1. The zero-order valence-electron chi connectivity index (χ0n) is 8.18. The van der Waals surface area contributed by atoms with Gasteiger partial charge in [-0.2, -0.15) is 5.10 Å². The molecule has 2 aromatic rings. The highest BCUT2D eigenvalue weighted by Crippen LogP contribution is 2.06. The van der Waals surface area contributed by atoms with Gasteiger partial charge in [0.25, 0.3) is 0 Å². The summed E-state index contributed by atoms with van der Waals surface area (Å²) < 4.78 is 2.89. The monoisotopic (exact) mass is 262 g/mol. The van der Waals surface area contributed by atoms with E-state index in [0.29, 0.717) is 0 Å². The molecule has 0 aliphatic heterocycles. The van der Waals surface area contributed by atoms with Gasteiger partial charge >= 0.3 is 0 Å². The summed E-state index contributed by atoms with van der Waals surface area (Å²) in [6.45, 7) is 0.792. The summed E-state index contributed by atoms with van der Waals surface area (Å²) in [5, 5.41) is 4.17. The molecule has 3 heteroatoms. The molecule has 1 aromatic heterocycles. The number of hydrogen-bond acceptors (Lipinski definition) is 1. The summed E-state index contributed by atoms with van der Waals surface area (Å²) in [7, 11) is 0. The maximum atomic E-state index is 4.17. The second-order valence-electron chi connectivity index (χ2n) is 3.19. The first-order chi connectivity index (χ1) is 7.34. The molecule has 76 valence electrons. The van der Waals surface area contributed by atoms with Crippen LogP contribution in [0.3, 0.4) is 0 Å². The summed E-state index contributed by atoms with van der Waals surface area (Å²) >= 11 is 3.36. The van der Waals surface area contributed by atoms with E-state index < -0.39 is 0 Å². The molecule has 15 heavy (non-hydrogen) atoms. The first-order valence-electron chi connectivity index (χ1n) is 4.74. The number of aromatic nitrogens is 2. The molecular weight excluding hydrogens is 252 g/mol. The standard InChI is InChI=1S/C12H11BrN2/c13-12-9-14-15(10-12)8-4-7-11-5-2-1-3-6-11/h1-7,9-10H,8H2/b7-4+. The molecule has 2 rings (SSSR count). The average Bonchev–Trinajstić information content (AvgIpc) is 2.66. The van der Waals surface area contributed by atoms with Gasteiger partial charge in [-0.15, -0.1) is 0 Å². The highest BCUT2D eigenvalue weighted by atomic mass is 79.9. The largest absolute Gasteiger partial charge is 0.268 e. The maximum absolute atomic E-state index is 4.17. The third kappa shape index (κ3) is 3.06. The van der Waals surface area contributed by atoms with Crippen molar-refractivity contribution < 1.29 is 0 Å². The van der Waals surface area contributed by atoms with E-state index in [-0.39, 0.29) is 0 Å². The molecule has 1 aromatic carbocycles. The van der Waals surface area contributed by atoms with Crippen LogP contribution >= 0.6 is 15.9 Å². The van der Waals surface area contributed by atoms with Gasteiger partial charge in [0.05, 0.1) is 17.2 Å². The lowest BCUT2D eigenvalue weighted by molar-refractivity contribution is 0.703. The van der Waals surface area contributed by atoms with E-state index in [9.17, 15) is 0 Å². The molecule has 1 heterocycles. The molecule has 0 N–H and O–H groups in total. The number of hydrogen-bond donors (Lipinski definition) is 0. The molecule has 0 bridgehead atoms. The Labute approximate surface area is 97.4 Å². The molecule has 0 spiro atoms. The second-order valence-corrected chi connectivity index (χ2v) is 4.11. The first kappa shape index (κ1) is 10.2. The van der Waals surface area contributed by atoms with Gasteiger partial charge in [0.2, 0.25) is 0 Å². The molecule has 0 unspecified atom stereocenters. The van der Waals surface area contributed by atoms with E-state index in [2.05, 4.69) is 45.3 Å². The lowest BCUT2D eigenvalue weighted by Gasteiger charge is -1.94. The molecule has 0 aliphatic rings. The topological polar surface area (TPSA) is 17.8 Å². The van der Waals surface area contributed by atoms with E-state index in [1.54, 1.807) is 6.20 Å². The van der Waals surface area contributed by atoms with Gasteiger partial charge in [0, 0.05) is 6.20 Å². The van der Waals surface area contributed by atoms with Crippen LogP contribution in [0.15, 0.2) is 53.3 Å². The molecule has 0 atom stereocenters. The Balaban J connectivity index is 1.96. The zero-order valence-corrected chi connectivity index (χ0v) is 9.76. The summed E-state index contributed by atoms with van der Waals surface area (Å²) in [5.41, 5.74) is 1.21. The van der Waals surface area contributed by atoms with Crippen molar-refractivity contribution in [3.8, 4) is 0 Å². The van der Waals surface area contributed by atoms with Crippen molar-refractivity contribution in [2.45, 2.75) is 6.54 Å². The van der Waals surface area contributed by atoms with Crippen molar-refractivity contribution in [2.75, 3.05) is 0 Å². The summed E-state index contributed by atoms with van der Waals surface area (Å²) in [5.74, 6) is 0. The van der Waals surface area contributed by atoms with Crippen molar-refractivity contribution in [1.29, 1.82) is 0 Å². The number of halogens is 1. The number of benzene rings is 1. The van der Waals surface area contributed by atoms with Crippen LogP contribution in [-0.2, 0) is 6.54 Å². The minimum absolute atomic E-state index is 0.792. The molecule has 0 saturated heterocycles. The fourth-order valence-electron chi connectivity index (χ4n) is 1.30. The Kier molecular flexibility index (Phi) is 3.35. The number of rotatable bonds is 3. The van der Waals surface area contributed by atoms with Crippen LogP contribution in [-0.4, -0.2) is 9.78 Å². The predicted molar refractivity (Wildman–Crippen MR) is 65.4 cm³/mol. The molecule has 0 aliphatic carbocycles. The van der Waals surface area contributed by atoms with Gasteiger partial charge in [-0.3, -0.25) is 4.68 Å². The normalized spacial score (nSPS) is 11.0. The Morgan fingerprint density at radius 1 is 1.27 bits per heavy atom. The molecule has 0 saturated carbocycles. The minimum Gasteiger partial charge on any atom is -0.268 e. The van der Waals surface area contributed by atoms with Gasteiger partial charge in [-0.1, -0.05) is 42.5 Å². The lowest BCUT2D eigenvalue weighted by Crippen LogP contribution is -1.93. The quantitative estimate of drug-likeness (QED) is 0.830. The third-order valence-electron chi connectivity index (χ3n) is 2.00. The van der Waals surface area contributed by atoms with Crippen molar-refractivity contribution in [3.05, 3.63) is 58.8 Å². The van der Waals surface area contributed by atoms with Crippen LogP contribution in [0, 0.1) is 0 Å². The lowest BCUT2D eigenvalue weighted by atomic mass is 10.2. The number of nitrogens with zero attached hydrogens (tertiary/aromatic N) is 2. The second kappa shape index (κ2) is 4.94. The van der Waals surface area contributed by atoms with Crippen molar-refractivity contribution in [2.24, 2.45) is 0 Å². The Hall–Kier alpha value is -1.35.